The molecule has 0 unspecified atom stereocenters. The Bertz CT molecular complexity index is 3260. The maximum atomic E-state index is 2.44. The van der Waals surface area contributed by atoms with E-state index in [1.807, 2.05) is 0 Å². The van der Waals surface area contributed by atoms with E-state index in [1.54, 1.807) is 0 Å². The van der Waals surface area contributed by atoms with Crippen molar-refractivity contribution in [1.82, 2.24) is 0 Å². The molecule has 276 valence electrons. The highest BCUT2D eigenvalue weighted by molar-refractivity contribution is 6.25. The lowest BCUT2D eigenvalue weighted by molar-refractivity contribution is 1.29. The zero-order valence-electron chi connectivity index (χ0n) is 32.5. The predicted molar refractivity (Wildman–Crippen MR) is 253 cm³/mol. The number of nitrogens with zero attached hydrogens (tertiary/aromatic N) is 1. The maximum Gasteiger partial charge on any atom is 0.0540 e. The molecule has 0 saturated heterocycles. The third-order valence-electron chi connectivity index (χ3n) is 11.9. The number of anilines is 3. The molecule has 59 heavy (non-hydrogen) atoms. The van der Waals surface area contributed by atoms with Crippen molar-refractivity contribution < 1.29 is 0 Å². The lowest BCUT2D eigenvalue weighted by atomic mass is 9.89. The van der Waals surface area contributed by atoms with E-state index >= 15 is 0 Å². The van der Waals surface area contributed by atoms with Crippen LogP contribution in [-0.2, 0) is 0 Å². The van der Waals surface area contributed by atoms with Crippen LogP contribution < -0.4 is 4.90 Å². The molecule has 0 atom stereocenters. The summed E-state index contributed by atoms with van der Waals surface area (Å²) in [5, 5.41) is 10.1. The molecule has 0 aromatic heterocycles. The molecular formula is C58H39N. The Hall–Kier alpha value is -7.74. The zero-order valence-corrected chi connectivity index (χ0v) is 32.5. The first-order chi connectivity index (χ1) is 29.3. The molecule has 0 bridgehead atoms. The van der Waals surface area contributed by atoms with E-state index in [1.165, 1.54) is 87.6 Å². The largest absolute Gasteiger partial charge is 0.310 e. The van der Waals surface area contributed by atoms with E-state index in [9.17, 15) is 0 Å². The minimum Gasteiger partial charge on any atom is -0.310 e. The molecule has 11 aromatic rings. The Morgan fingerprint density at radius 1 is 0.237 bits per heavy atom. The van der Waals surface area contributed by atoms with E-state index in [-0.39, 0.29) is 0 Å². The molecule has 0 fully saturated rings. The molecule has 0 aliphatic heterocycles. The van der Waals surface area contributed by atoms with Crippen LogP contribution in [0.15, 0.2) is 237 Å². The molecule has 0 saturated carbocycles. The Kier molecular flexibility index (Phi) is 8.56. The van der Waals surface area contributed by atoms with Crippen LogP contribution in [0.2, 0.25) is 0 Å². The third kappa shape index (κ3) is 6.12. The molecule has 0 heterocycles. The molecule has 11 rings (SSSR count). The first kappa shape index (κ1) is 34.5. The van der Waals surface area contributed by atoms with Crippen molar-refractivity contribution in [3.63, 3.8) is 0 Å². The molecule has 0 spiro atoms. The summed E-state index contributed by atoms with van der Waals surface area (Å²) in [6.07, 6.45) is 0. The summed E-state index contributed by atoms with van der Waals surface area (Å²) in [7, 11) is 0. The summed E-state index contributed by atoms with van der Waals surface area (Å²) in [6, 6.07) is 86.2. The minimum absolute atomic E-state index is 1.09. The van der Waals surface area contributed by atoms with Crippen LogP contribution in [0, 0.1) is 0 Å². The molecule has 11 aromatic carbocycles. The SMILES string of the molecule is c1ccc(-c2ccc(-c3ccccc3N(c3ccc(-c4ccc5ccccc5c4-c4ccccc4)cc3)c3ccc4c5ccccc5c5ccccc5c4c3)cc2)cc1. The highest BCUT2D eigenvalue weighted by Gasteiger charge is 2.20. The van der Waals surface area contributed by atoms with Crippen LogP contribution in [0.4, 0.5) is 17.1 Å². The van der Waals surface area contributed by atoms with Gasteiger partial charge in [0.25, 0.3) is 0 Å². The first-order valence-corrected chi connectivity index (χ1v) is 20.3. The second-order valence-electron chi connectivity index (χ2n) is 15.2. The Labute approximate surface area is 344 Å². The normalized spacial score (nSPS) is 11.4. The van der Waals surface area contributed by atoms with Crippen molar-refractivity contribution >= 4 is 60.2 Å². The van der Waals surface area contributed by atoms with Crippen LogP contribution in [0.1, 0.15) is 0 Å². The van der Waals surface area contributed by atoms with Gasteiger partial charge in [0, 0.05) is 16.9 Å². The summed E-state index contributed by atoms with van der Waals surface area (Å²) in [4.78, 5) is 2.44. The molecule has 0 aliphatic carbocycles. The van der Waals surface area contributed by atoms with Gasteiger partial charge < -0.3 is 4.90 Å². The van der Waals surface area contributed by atoms with Gasteiger partial charge in [-0.1, -0.05) is 206 Å². The predicted octanol–water partition coefficient (Wildman–Crippen LogP) is 16.4. The van der Waals surface area contributed by atoms with Gasteiger partial charge in [0.15, 0.2) is 0 Å². The van der Waals surface area contributed by atoms with Crippen LogP contribution >= 0.6 is 0 Å². The lowest BCUT2D eigenvalue weighted by Gasteiger charge is -2.29. The van der Waals surface area contributed by atoms with Gasteiger partial charge in [0.2, 0.25) is 0 Å². The second-order valence-corrected chi connectivity index (χ2v) is 15.2. The van der Waals surface area contributed by atoms with Gasteiger partial charge in [0.05, 0.1) is 5.69 Å². The van der Waals surface area contributed by atoms with E-state index in [0.717, 1.165) is 17.1 Å². The molecule has 1 nitrogen and oxygen atoms in total. The van der Waals surface area contributed by atoms with Gasteiger partial charge in [-0.15, -0.1) is 0 Å². The fourth-order valence-corrected chi connectivity index (χ4v) is 9.07. The summed E-state index contributed by atoms with van der Waals surface area (Å²) in [5.74, 6) is 0. The van der Waals surface area contributed by atoms with Gasteiger partial charge in [0.1, 0.15) is 0 Å². The fourth-order valence-electron chi connectivity index (χ4n) is 9.07. The number of rotatable bonds is 7. The average Bonchev–Trinajstić information content (AvgIpc) is 3.32. The summed E-state index contributed by atoms with van der Waals surface area (Å²) >= 11 is 0. The van der Waals surface area contributed by atoms with Crippen LogP contribution in [0.5, 0.6) is 0 Å². The average molecular weight is 750 g/mol. The maximum absolute atomic E-state index is 2.44. The fraction of sp³-hybridized carbons (Fsp3) is 0. The lowest BCUT2D eigenvalue weighted by Crippen LogP contribution is -2.11. The number of benzene rings is 11. The number of para-hydroxylation sites is 1. The van der Waals surface area contributed by atoms with E-state index in [0.29, 0.717) is 0 Å². The van der Waals surface area contributed by atoms with Crippen molar-refractivity contribution in [2.24, 2.45) is 0 Å². The monoisotopic (exact) mass is 749 g/mol. The van der Waals surface area contributed by atoms with Crippen LogP contribution in [0.3, 0.4) is 0 Å². The molecular weight excluding hydrogens is 711 g/mol. The van der Waals surface area contributed by atoms with Crippen molar-refractivity contribution in [3.05, 3.63) is 237 Å². The van der Waals surface area contributed by atoms with E-state index in [4.69, 9.17) is 0 Å². The molecule has 0 aliphatic rings. The standard InChI is InChI=1S/C58H39N/c1-3-15-40(16-4-1)41-27-29-43(30-28-41)48-20-13-14-26-57(48)59(47-36-38-55-53-24-10-9-22-51(53)52-23-11-12-25-54(52)56(55)39-47)46-34-31-44(32-35-46)50-37-33-42-17-7-8-21-49(42)58(50)45-18-5-2-6-19-45/h1-39H. The van der Waals surface area contributed by atoms with Crippen molar-refractivity contribution in [3.8, 4) is 44.5 Å². The Balaban J connectivity index is 1.10. The summed E-state index contributed by atoms with van der Waals surface area (Å²) in [6.45, 7) is 0. The van der Waals surface area contributed by atoms with Gasteiger partial charge in [-0.05, 0) is 112 Å². The van der Waals surface area contributed by atoms with Crippen molar-refractivity contribution in [2.75, 3.05) is 4.90 Å². The third-order valence-corrected chi connectivity index (χ3v) is 11.9. The van der Waals surface area contributed by atoms with Gasteiger partial charge in [-0.2, -0.15) is 0 Å². The molecule has 1 heteroatoms. The Morgan fingerprint density at radius 2 is 0.695 bits per heavy atom. The highest BCUT2D eigenvalue weighted by atomic mass is 15.1. The quantitative estimate of drug-likeness (QED) is 0.147. The highest BCUT2D eigenvalue weighted by Crippen LogP contribution is 2.45. The van der Waals surface area contributed by atoms with Crippen molar-refractivity contribution in [1.29, 1.82) is 0 Å². The van der Waals surface area contributed by atoms with E-state index in [2.05, 4.69) is 241 Å². The second kappa shape index (κ2) is 14.6. The number of hydrogen-bond donors (Lipinski definition) is 0. The van der Waals surface area contributed by atoms with Crippen molar-refractivity contribution in [2.45, 2.75) is 0 Å². The smallest absolute Gasteiger partial charge is 0.0540 e. The molecule has 0 N–H and O–H groups in total. The molecule has 0 amide bonds. The topological polar surface area (TPSA) is 3.24 Å². The van der Waals surface area contributed by atoms with Gasteiger partial charge >= 0.3 is 0 Å². The van der Waals surface area contributed by atoms with Crippen LogP contribution in [0.25, 0.3) is 87.6 Å². The van der Waals surface area contributed by atoms with E-state index < -0.39 is 0 Å². The first-order valence-electron chi connectivity index (χ1n) is 20.3. The van der Waals surface area contributed by atoms with Crippen LogP contribution in [-0.4, -0.2) is 0 Å². The van der Waals surface area contributed by atoms with Gasteiger partial charge in [-0.3, -0.25) is 0 Å². The number of hydrogen-bond acceptors (Lipinski definition) is 1. The zero-order chi connectivity index (χ0) is 39.1. The number of fused-ring (bicyclic) bond motifs is 7. The Morgan fingerprint density at radius 3 is 1.37 bits per heavy atom. The summed E-state index contributed by atoms with van der Waals surface area (Å²) in [5.41, 5.74) is 12.9. The van der Waals surface area contributed by atoms with Gasteiger partial charge in [-0.25, -0.2) is 0 Å². The minimum atomic E-state index is 1.09. The summed E-state index contributed by atoms with van der Waals surface area (Å²) < 4.78 is 0. The molecule has 0 radical (unpaired) electrons.